The van der Waals surface area contributed by atoms with Crippen molar-refractivity contribution in [3.05, 3.63) is 23.3 Å². The fraction of sp³-hybridized carbons (Fsp3) is 0.455. The molecule has 0 aromatic heterocycles. The monoisotopic (exact) mass is 240 g/mol. The molecule has 1 aliphatic heterocycles. The molecular weight excluding hydrogens is 224 g/mol. The van der Waals surface area contributed by atoms with Gasteiger partial charge in [-0.2, -0.15) is 0 Å². The first kappa shape index (κ1) is 11.2. The normalized spacial score (nSPS) is 29.5. The Kier molecular flexibility index (Phi) is 2.48. The quantitative estimate of drug-likeness (QED) is 0.608. The predicted octanol–water partition coefficient (Wildman–Crippen LogP) is 2.51. The molecule has 1 aliphatic rings. The zero-order chi connectivity index (χ0) is 11.4. The van der Waals surface area contributed by atoms with Gasteiger partial charge in [-0.15, -0.1) is 12.6 Å². The summed E-state index contributed by atoms with van der Waals surface area (Å²) < 4.78 is 1.93. The number of fused-ring (bicyclic) bond motifs is 1. The van der Waals surface area contributed by atoms with Gasteiger partial charge in [-0.3, -0.25) is 0 Å². The lowest BCUT2D eigenvalue weighted by Gasteiger charge is -2.27. The van der Waals surface area contributed by atoms with Crippen LogP contribution < -0.4 is 10.0 Å². The molecule has 2 nitrogen and oxygen atoms in total. The van der Waals surface area contributed by atoms with Crippen LogP contribution in [-0.4, -0.2) is 6.04 Å². The lowest BCUT2D eigenvalue weighted by atomic mass is 9.89. The second-order valence-corrected chi connectivity index (χ2v) is 5.37. The van der Waals surface area contributed by atoms with Gasteiger partial charge in [0.15, 0.2) is 0 Å². The van der Waals surface area contributed by atoms with Crippen LogP contribution in [0.2, 0.25) is 0 Å². The van der Waals surface area contributed by atoms with Crippen molar-refractivity contribution in [2.75, 3.05) is 4.31 Å². The molecule has 2 unspecified atom stereocenters. The summed E-state index contributed by atoms with van der Waals surface area (Å²) >= 11 is 8.90. The maximum Gasteiger partial charge on any atom is 0.0615 e. The Morgan fingerprint density at radius 1 is 1.47 bits per heavy atom. The van der Waals surface area contributed by atoms with E-state index in [2.05, 4.69) is 38.4 Å². The van der Waals surface area contributed by atoms with Crippen LogP contribution in [0.5, 0.6) is 0 Å². The van der Waals surface area contributed by atoms with Crippen molar-refractivity contribution in [1.82, 2.24) is 0 Å². The Hall–Kier alpha value is -0.320. The number of hydrogen-bond donors (Lipinski definition) is 3. The summed E-state index contributed by atoms with van der Waals surface area (Å²) in [4.78, 5) is 0.984. The number of aryl methyl sites for hydroxylation is 1. The molecule has 0 spiro atoms. The highest BCUT2D eigenvalue weighted by molar-refractivity contribution is 7.82. The van der Waals surface area contributed by atoms with Crippen molar-refractivity contribution in [2.24, 2.45) is 5.73 Å². The van der Waals surface area contributed by atoms with Gasteiger partial charge >= 0.3 is 0 Å². The minimum Gasteiger partial charge on any atom is -0.320 e. The summed E-state index contributed by atoms with van der Waals surface area (Å²) in [6.07, 6.45) is 0. The first-order chi connectivity index (χ1) is 6.85. The second kappa shape index (κ2) is 3.34. The van der Waals surface area contributed by atoms with Gasteiger partial charge in [-0.05, 0) is 38.0 Å². The van der Waals surface area contributed by atoms with E-state index in [4.69, 9.17) is 5.73 Å². The van der Waals surface area contributed by atoms with Crippen LogP contribution in [0.15, 0.2) is 17.0 Å². The third-order valence-corrected chi connectivity index (χ3v) is 4.42. The second-order valence-electron chi connectivity index (χ2n) is 4.46. The van der Waals surface area contributed by atoms with Crippen molar-refractivity contribution < 1.29 is 0 Å². The summed E-state index contributed by atoms with van der Waals surface area (Å²) in [6, 6.07) is 4.34. The zero-order valence-electron chi connectivity index (χ0n) is 9.15. The number of hydrogen-bond acceptors (Lipinski definition) is 4. The van der Waals surface area contributed by atoms with E-state index in [1.807, 2.05) is 24.2 Å². The minimum atomic E-state index is -0.344. The highest BCUT2D eigenvalue weighted by Gasteiger charge is 2.41. The molecule has 0 aliphatic carbocycles. The highest BCUT2D eigenvalue weighted by Crippen LogP contribution is 2.44. The number of thiol groups is 2. The van der Waals surface area contributed by atoms with E-state index in [0.717, 1.165) is 21.7 Å². The van der Waals surface area contributed by atoms with Gasteiger partial charge in [-0.1, -0.05) is 18.9 Å². The molecule has 4 heteroatoms. The van der Waals surface area contributed by atoms with Crippen LogP contribution in [0.3, 0.4) is 0 Å². The largest absolute Gasteiger partial charge is 0.320 e. The van der Waals surface area contributed by atoms with Crippen molar-refractivity contribution in [1.29, 1.82) is 0 Å². The van der Waals surface area contributed by atoms with E-state index in [9.17, 15) is 0 Å². The molecule has 1 heterocycles. The van der Waals surface area contributed by atoms with Gasteiger partial charge in [0.1, 0.15) is 0 Å². The predicted molar refractivity (Wildman–Crippen MR) is 70.9 cm³/mol. The summed E-state index contributed by atoms with van der Waals surface area (Å²) in [6.45, 7) is 6.18. The topological polar surface area (TPSA) is 29.3 Å². The summed E-state index contributed by atoms with van der Waals surface area (Å²) in [5.74, 6) is 0. The lowest BCUT2D eigenvalue weighted by Crippen LogP contribution is -2.44. The number of anilines is 1. The number of nitrogens with zero attached hydrogens (tertiary/aromatic N) is 1. The van der Waals surface area contributed by atoms with Crippen LogP contribution in [0.25, 0.3) is 0 Å². The lowest BCUT2D eigenvalue weighted by molar-refractivity contribution is 0.446. The molecule has 0 saturated heterocycles. The number of benzene rings is 1. The molecule has 82 valence electrons. The molecular formula is C11H16N2S2. The van der Waals surface area contributed by atoms with Gasteiger partial charge in [0.05, 0.1) is 17.3 Å². The van der Waals surface area contributed by atoms with Gasteiger partial charge in [0.2, 0.25) is 0 Å². The van der Waals surface area contributed by atoms with Gasteiger partial charge in [0.25, 0.3) is 0 Å². The van der Waals surface area contributed by atoms with Crippen molar-refractivity contribution in [2.45, 2.75) is 37.2 Å². The Morgan fingerprint density at radius 3 is 2.67 bits per heavy atom. The van der Waals surface area contributed by atoms with E-state index < -0.39 is 0 Å². The van der Waals surface area contributed by atoms with E-state index in [1.165, 1.54) is 0 Å². The highest BCUT2D eigenvalue weighted by atomic mass is 32.1. The Labute approximate surface area is 102 Å². The zero-order valence-corrected chi connectivity index (χ0v) is 10.9. The number of nitrogens with two attached hydrogens (primary N) is 1. The first-order valence-electron chi connectivity index (χ1n) is 4.96. The van der Waals surface area contributed by atoms with Crippen LogP contribution in [0, 0.1) is 6.92 Å². The van der Waals surface area contributed by atoms with E-state index in [-0.39, 0.29) is 11.6 Å². The molecule has 2 atom stereocenters. The Balaban J connectivity index is 2.67. The fourth-order valence-electron chi connectivity index (χ4n) is 1.99. The summed E-state index contributed by atoms with van der Waals surface area (Å²) in [5, 5.41) is 0. The van der Waals surface area contributed by atoms with E-state index >= 15 is 0 Å². The summed E-state index contributed by atoms with van der Waals surface area (Å²) in [7, 11) is 0. The van der Waals surface area contributed by atoms with Gasteiger partial charge in [-0.25, -0.2) is 0 Å². The van der Waals surface area contributed by atoms with E-state index in [1.54, 1.807) is 0 Å². The maximum atomic E-state index is 6.33. The van der Waals surface area contributed by atoms with Crippen molar-refractivity contribution >= 4 is 31.1 Å². The maximum absolute atomic E-state index is 6.33. The average Bonchev–Trinajstić information content (AvgIpc) is 2.32. The number of rotatable bonds is 0. The van der Waals surface area contributed by atoms with Crippen LogP contribution in [0.1, 0.15) is 25.0 Å². The van der Waals surface area contributed by atoms with Crippen LogP contribution in [-0.2, 0) is 5.54 Å². The standard InChI is InChI=1S/C11H16N2S2/c1-6-4-8-9(5-10(6)14)13(15)7(2)11(8,3)12/h4-5,7,14-15H,12H2,1-3H3. The Bertz CT molecular complexity index is 415. The summed E-state index contributed by atoms with van der Waals surface area (Å²) in [5.41, 5.74) is 9.37. The molecule has 1 aromatic carbocycles. The van der Waals surface area contributed by atoms with Gasteiger partial charge in [0, 0.05) is 4.90 Å². The first-order valence-corrected chi connectivity index (χ1v) is 5.81. The fourth-order valence-corrected chi connectivity index (χ4v) is 2.59. The molecule has 0 radical (unpaired) electrons. The third-order valence-electron chi connectivity index (χ3n) is 3.38. The minimum absolute atomic E-state index is 0.186. The smallest absolute Gasteiger partial charge is 0.0615 e. The average molecular weight is 240 g/mol. The Morgan fingerprint density at radius 2 is 2.07 bits per heavy atom. The molecule has 1 aromatic rings. The molecule has 0 saturated carbocycles. The van der Waals surface area contributed by atoms with Crippen LogP contribution in [0.4, 0.5) is 5.69 Å². The molecule has 0 fully saturated rings. The SMILES string of the molecule is Cc1cc2c(cc1S)N(S)C(C)C2(C)N. The van der Waals surface area contributed by atoms with Gasteiger partial charge < -0.3 is 10.0 Å². The van der Waals surface area contributed by atoms with E-state index in [0.29, 0.717) is 0 Å². The molecule has 0 bridgehead atoms. The third kappa shape index (κ3) is 1.47. The van der Waals surface area contributed by atoms with Crippen molar-refractivity contribution in [3.8, 4) is 0 Å². The van der Waals surface area contributed by atoms with Crippen LogP contribution >= 0.6 is 25.4 Å². The molecule has 2 rings (SSSR count). The van der Waals surface area contributed by atoms with Crippen molar-refractivity contribution in [3.63, 3.8) is 0 Å². The molecule has 15 heavy (non-hydrogen) atoms. The molecule has 2 N–H and O–H groups in total. The molecule has 0 amide bonds.